The van der Waals surface area contributed by atoms with Crippen molar-refractivity contribution in [1.82, 2.24) is 0 Å². The lowest BCUT2D eigenvalue weighted by molar-refractivity contribution is 0.0697. The molecule has 104 valence electrons. The maximum absolute atomic E-state index is 10.9. The molecule has 2 aromatic rings. The number of para-hydroxylation sites is 1. The van der Waals surface area contributed by atoms with Crippen LogP contribution in [0.3, 0.4) is 0 Å². The zero-order valence-electron chi connectivity index (χ0n) is 11.5. The fourth-order valence-corrected chi connectivity index (χ4v) is 2.03. The Hall–Kier alpha value is -2.49. The summed E-state index contributed by atoms with van der Waals surface area (Å²) in [5.41, 5.74) is 3.17. The molecule has 0 radical (unpaired) electrons. The molecule has 0 aliphatic rings. The van der Waals surface area contributed by atoms with Crippen molar-refractivity contribution in [3.63, 3.8) is 0 Å². The van der Waals surface area contributed by atoms with Crippen molar-refractivity contribution in [3.8, 4) is 5.75 Å². The number of methoxy groups -OCH3 is 1. The van der Waals surface area contributed by atoms with Gasteiger partial charge in [0.25, 0.3) is 0 Å². The number of nitrogens with one attached hydrogen (secondary N) is 1. The second-order valence-electron chi connectivity index (χ2n) is 4.50. The third kappa shape index (κ3) is 3.09. The van der Waals surface area contributed by atoms with Crippen LogP contribution in [0.5, 0.6) is 5.75 Å². The van der Waals surface area contributed by atoms with E-state index in [1.54, 1.807) is 25.3 Å². The highest BCUT2D eigenvalue weighted by Gasteiger charge is 2.06. The van der Waals surface area contributed by atoms with E-state index >= 15 is 0 Å². The SMILES string of the molecule is COc1ccccc1CNc1ccc(C(=O)O)cc1C. The maximum atomic E-state index is 10.9. The third-order valence-corrected chi connectivity index (χ3v) is 3.14. The van der Waals surface area contributed by atoms with Crippen LogP contribution in [-0.4, -0.2) is 18.2 Å². The Kier molecular flexibility index (Phi) is 4.25. The first kappa shape index (κ1) is 13.9. The minimum atomic E-state index is -0.913. The molecule has 0 aliphatic carbocycles. The van der Waals surface area contributed by atoms with Crippen molar-refractivity contribution >= 4 is 11.7 Å². The average molecular weight is 271 g/mol. The number of carboxylic acid groups (broad SMARTS) is 1. The molecule has 0 saturated heterocycles. The van der Waals surface area contributed by atoms with Crippen LogP contribution in [0.15, 0.2) is 42.5 Å². The van der Waals surface area contributed by atoms with E-state index in [0.717, 1.165) is 22.6 Å². The molecule has 0 unspecified atom stereocenters. The van der Waals surface area contributed by atoms with Gasteiger partial charge in [-0.05, 0) is 36.8 Å². The van der Waals surface area contributed by atoms with Crippen LogP contribution < -0.4 is 10.1 Å². The van der Waals surface area contributed by atoms with Gasteiger partial charge < -0.3 is 15.2 Å². The monoisotopic (exact) mass is 271 g/mol. The van der Waals surface area contributed by atoms with E-state index in [4.69, 9.17) is 9.84 Å². The van der Waals surface area contributed by atoms with Crippen LogP contribution >= 0.6 is 0 Å². The summed E-state index contributed by atoms with van der Waals surface area (Å²) in [4.78, 5) is 10.9. The normalized spacial score (nSPS) is 10.1. The molecule has 4 heteroatoms. The molecular formula is C16H17NO3. The largest absolute Gasteiger partial charge is 0.496 e. The van der Waals surface area contributed by atoms with Crippen LogP contribution in [0.25, 0.3) is 0 Å². The second-order valence-corrected chi connectivity index (χ2v) is 4.50. The molecule has 0 heterocycles. The third-order valence-electron chi connectivity index (χ3n) is 3.14. The predicted octanol–water partition coefficient (Wildman–Crippen LogP) is 3.31. The second kappa shape index (κ2) is 6.10. The number of rotatable bonds is 5. The minimum absolute atomic E-state index is 0.297. The molecule has 0 aromatic heterocycles. The van der Waals surface area contributed by atoms with Gasteiger partial charge in [0.1, 0.15) is 5.75 Å². The number of carbonyl (C=O) groups is 1. The highest BCUT2D eigenvalue weighted by molar-refractivity contribution is 5.88. The molecule has 0 amide bonds. The lowest BCUT2D eigenvalue weighted by Gasteiger charge is -2.12. The van der Waals surface area contributed by atoms with E-state index in [9.17, 15) is 4.79 Å². The van der Waals surface area contributed by atoms with E-state index in [1.807, 2.05) is 31.2 Å². The fraction of sp³-hybridized carbons (Fsp3) is 0.188. The number of aryl methyl sites for hydroxylation is 1. The summed E-state index contributed by atoms with van der Waals surface area (Å²) in [6.45, 7) is 2.51. The number of benzene rings is 2. The molecular weight excluding hydrogens is 254 g/mol. The molecule has 4 nitrogen and oxygen atoms in total. The van der Waals surface area contributed by atoms with Crippen LogP contribution in [-0.2, 0) is 6.54 Å². The lowest BCUT2D eigenvalue weighted by atomic mass is 10.1. The Bertz CT molecular complexity index is 623. The molecule has 20 heavy (non-hydrogen) atoms. The van der Waals surface area contributed by atoms with Crippen molar-refractivity contribution in [2.24, 2.45) is 0 Å². The first-order valence-corrected chi connectivity index (χ1v) is 6.31. The molecule has 0 spiro atoms. The zero-order valence-corrected chi connectivity index (χ0v) is 11.5. The van der Waals surface area contributed by atoms with Gasteiger partial charge in [-0.1, -0.05) is 18.2 Å². The van der Waals surface area contributed by atoms with Crippen molar-refractivity contribution in [3.05, 3.63) is 59.2 Å². The molecule has 2 rings (SSSR count). The van der Waals surface area contributed by atoms with Crippen molar-refractivity contribution in [2.45, 2.75) is 13.5 Å². The summed E-state index contributed by atoms with van der Waals surface area (Å²) in [5.74, 6) is -0.0795. The van der Waals surface area contributed by atoms with E-state index in [2.05, 4.69) is 5.32 Å². The molecule has 0 aliphatic heterocycles. The molecule has 0 bridgehead atoms. The Morgan fingerprint density at radius 1 is 1.25 bits per heavy atom. The minimum Gasteiger partial charge on any atom is -0.496 e. The summed E-state index contributed by atoms with van der Waals surface area (Å²) in [6, 6.07) is 12.8. The van der Waals surface area contributed by atoms with Crippen molar-refractivity contribution < 1.29 is 14.6 Å². The van der Waals surface area contributed by atoms with Crippen molar-refractivity contribution in [2.75, 3.05) is 12.4 Å². The number of ether oxygens (including phenoxy) is 1. The highest BCUT2D eigenvalue weighted by Crippen LogP contribution is 2.21. The van der Waals surface area contributed by atoms with Gasteiger partial charge in [0.2, 0.25) is 0 Å². The standard InChI is InChI=1S/C16H17NO3/c1-11-9-12(16(18)19)7-8-14(11)17-10-13-5-3-4-6-15(13)20-2/h3-9,17H,10H2,1-2H3,(H,18,19). The van der Waals surface area contributed by atoms with Gasteiger partial charge >= 0.3 is 5.97 Å². The van der Waals surface area contributed by atoms with Gasteiger partial charge in [0, 0.05) is 17.8 Å². The summed E-state index contributed by atoms with van der Waals surface area (Å²) in [6.07, 6.45) is 0. The van der Waals surface area contributed by atoms with Crippen molar-refractivity contribution in [1.29, 1.82) is 0 Å². The molecule has 0 fully saturated rings. The van der Waals surface area contributed by atoms with Crippen LogP contribution in [0.1, 0.15) is 21.5 Å². The molecule has 2 N–H and O–H groups in total. The van der Waals surface area contributed by atoms with Gasteiger partial charge in [-0.15, -0.1) is 0 Å². The number of carboxylic acids is 1. The Balaban J connectivity index is 2.13. The van der Waals surface area contributed by atoms with Gasteiger partial charge in [0.05, 0.1) is 12.7 Å². The maximum Gasteiger partial charge on any atom is 0.335 e. The predicted molar refractivity (Wildman–Crippen MR) is 78.5 cm³/mol. The van der Waals surface area contributed by atoms with Gasteiger partial charge in [0.15, 0.2) is 0 Å². The number of anilines is 1. The topological polar surface area (TPSA) is 58.6 Å². The highest BCUT2D eigenvalue weighted by atomic mass is 16.5. The number of hydrogen-bond acceptors (Lipinski definition) is 3. The van der Waals surface area contributed by atoms with E-state index in [1.165, 1.54) is 0 Å². The number of hydrogen-bond donors (Lipinski definition) is 2. The zero-order chi connectivity index (χ0) is 14.5. The summed E-state index contributed by atoms with van der Waals surface area (Å²) in [5, 5.41) is 12.2. The Labute approximate surface area is 118 Å². The summed E-state index contributed by atoms with van der Waals surface area (Å²) in [7, 11) is 1.64. The average Bonchev–Trinajstić information content (AvgIpc) is 2.46. The van der Waals surface area contributed by atoms with Crippen LogP contribution in [0.4, 0.5) is 5.69 Å². The summed E-state index contributed by atoms with van der Waals surface area (Å²) < 4.78 is 5.30. The molecule has 0 saturated carbocycles. The van der Waals surface area contributed by atoms with Crippen LogP contribution in [0.2, 0.25) is 0 Å². The van der Waals surface area contributed by atoms with Gasteiger partial charge in [-0.2, -0.15) is 0 Å². The number of aromatic carboxylic acids is 1. The Morgan fingerprint density at radius 3 is 2.65 bits per heavy atom. The molecule has 0 atom stereocenters. The Morgan fingerprint density at radius 2 is 2.00 bits per heavy atom. The summed E-state index contributed by atoms with van der Waals surface area (Å²) >= 11 is 0. The quantitative estimate of drug-likeness (QED) is 0.876. The van der Waals surface area contributed by atoms with E-state index in [-0.39, 0.29) is 0 Å². The fourth-order valence-electron chi connectivity index (χ4n) is 2.03. The van der Waals surface area contributed by atoms with E-state index in [0.29, 0.717) is 12.1 Å². The van der Waals surface area contributed by atoms with Gasteiger partial charge in [-0.3, -0.25) is 0 Å². The first-order chi connectivity index (χ1) is 9.61. The first-order valence-electron chi connectivity index (χ1n) is 6.31. The lowest BCUT2D eigenvalue weighted by Crippen LogP contribution is -2.04. The van der Waals surface area contributed by atoms with Crippen LogP contribution in [0, 0.1) is 6.92 Å². The smallest absolute Gasteiger partial charge is 0.335 e. The van der Waals surface area contributed by atoms with E-state index < -0.39 is 5.97 Å². The van der Waals surface area contributed by atoms with Gasteiger partial charge in [-0.25, -0.2) is 4.79 Å². The molecule has 2 aromatic carbocycles.